The molecule has 0 saturated heterocycles. The summed E-state index contributed by atoms with van der Waals surface area (Å²) in [4.78, 5) is 9.75. The number of benzene rings is 2. The van der Waals surface area contributed by atoms with Crippen LogP contribution in [0.15, 0.2) is 48.5 Å². The third kappa shape index (κ3) is 3.61. The minimum Gasteiger partial charge on any atom is -0.394 e. The Morgan fingerprint density at radius 3 is 1.62 bits per heavy atom. The van der Waals surface area contributed by atoms with E-state index < -0.39 is 7.82 Å². The number of phosphoric acid groups is 1. The van der Waals surface area contributed by atoms with Gasteiger partial charge in [0.05, 0.1) is 11.1 Å². The molecule has 0 amide bonds. The number of hydrogen-bond donors (Lipinski definition) is 1. The van der Waals surface area contributed by atoms with E-state index in [1.165, 1.54) is 24.3 Å². The van der Waals surface area contributed by atoms with Crippen molar-refractivity contribution in [2.24, 2.45) is 0 Å². The van der Waals surface area contributed by atoms with Crippen molar-refractivity contribution in [3.05, 3.63) is 59.7 Å². The molecule has 21 heavy (non-hydrogen) atoms. The Kier molecular flexibility index (Phi) is 4.25. The van der Waals surface area contributed by atoms with Crippen LogP contribution in [0, 0.1) is 22.7 Å². The van der Waals surface area contributed by atoms with Crippen LogP contribution in [0.4, 0.5) is 0 Å². The molecule has 2 rings (SSSR count). The Bertz CT molecular complexity index is 729. The van der Waals surface area contributed by atoms with Gasteiger partial charge in [-0.3, -0.25) is 4.89 Å². The van der Waals surface area contributed by atoms with Gasteiger partial charge < -0.3 is 9.05 Å². The predicted octanol–water partition coefficient (Wildman–Crippen LogP) is 2.99. The van der Waals surface area contributed by atoms with Crippen molar-refractivity contribution in [3.63, 3.8) is 0 Å². The smallest absolute Gasteiger partial charge is 0.394 e. The molecule has 2 aromatic rings. The van der Waals surface area contributed by atoms with Gasteiger partial charge in [-0.15, -0.1) is 0 Å². The Morgan fingerprint density at radius 2 is 1.24 bits per heavy atom. The normalized spacial score (nSPS) is 10.2. The topological polar surface area (TPSA) is 103 Å². The first-order valence-corrected chi connectivity index (χ1v) is 7.25. The highest BCUT2D eigenvalue weighted by Crippen LogP contribution is 2.45. The van der Waals surface area contributed by atoms with Gasteiger partial charge in [0.15, 0.2) is 0 Å². The summed E-state index contributed by atoms with van der Waals surface area (Å²) in [6.07, 6.45) is 0. The molecule has 0 aliphatic rings. The van der Waals surface area contributed by atoms with E-state index in [1.807, 2.05) is 12.1 Å². The number of nitriles is 2. The van der Waals surface area contributed by atoms with Gasteiger partial charge in [0, 0.05) is 0 Å². The molecule has 0 spiro atoms. The van der Waals surface area contributed by atoms with E-state index in [1.54, 1.807) is 24.3 Å². The highest BCUT2D eigenvalue weighted by molar-refractivity contribution is 7.48. The minimum atomic E-state index is -4.52. The minimum absolute atomic E-state index is 0.0692. The van der Waals surface area contributed by atoms with Crippen LogP contribution in [0.3, 0.4) is 0 Å². The Balaban J connectivity index is 2.26. The zero-order valence-electron chi connectivity index (χ0n) is 10.6. The molecule has 0 aromatic heterocycles. The number of nitrogens with zero attached hydrogens (tertiary/aromatic N) is 2. The van der Waals surface area contributed by atoms with E-state index >= 15 is 0 Å². The second-order valence-electron chi connectivity index (χ2n) is 3.87. The van der Waals surface area contributed by atoms with Crippen LogP contribution in [0.25, 0.3) is 0 Å². The van der Waals surface area contributed by atoms with Gasteiger partial charge in [0.1, 0.15) is 23.6 Å². The van der Waals surface area contributed by atoms with Gasteiger partial charge in [-0.1, -0.05) is 24.3 Å². The SMILES string of the molecule is N#Cc1ccccc1OP(=O)(O)Oc1ccccc1C#N. The molecule has 0 aliphatic carbocycles. The highest BCUT2D eigenvalue weighted by Gasteiger charge is 2.27. The monoisotopic (exact) mass is 300 g/mol. The summed E-state index contributed by atoms with van der Waals surface area (Å²) in [5.74, 6) is -0.138. The highest BCUT2D eigenvalue weighted by atomic mass is 31.2. The quantitative estimate of drug-likeness (QED) is 0.870. The predicted molar refractivity (Wildman–Crippen MR) is 73.4 cm³/mol. The Hall–Kier alpha value is -2.79. The van der Waals surface area contributed by atoms with Crippen LogP contribution < -0.4 is 9.05 Å². The van der Waals surface area contributed by atoms with Crippen LogP contribution >= 0.6 is 7.82 Å². The summed E-state index contributed by atoms with van der Waals surface area (Å²) in [5, 5.41) is 17.8. The third-order valence-electron chi connectivity index (χ3n) is 2.44. The molecular formula is C14H9N2O4P. The summed E-state index contributed by atoms with van der Waals surface area (Å²) in [6, 6.07) is 15.6. The van der Waals surface area contributed by atoms with Crippen LogP contribution in [-0.4, -0.2) is 4.89 Å². The van der Waals surface area contributed by atoms with Gasteiger partial charge in [-0.05, 0) is 24.3 Å². The summed E-state index contributed by atoms with van der Waals surface area (Å²) in [6.45, 7) is 0. The molecule has 0 aliphatic heterocycles. The molecule has 0 bridgehead atoms. The van der Waals surface area contributed by atoms with Gasteiger partial charge in [0.25, 0.3) is 0 Å². The first-order valence-electron chi connectivity index (χ1n) is 5.76. The van der Waals surface area contributed by atoms with Gasteiger partial charge >= 0.3 is 7.82 Å². The lowest BCUT2D eigenvalue weighted by Crippen LogP contribution is -2.02. The summed E-state index contributed by atoms with van der Waals surface area (Å²) < 4.78 is 21.7. The van der Waals surface area contributed by atoms with Crippen LogP contribution in [-0.2, 0) is 4.57 Å². The van der Waals surface area contributed by atoms with Crippen molar-refractivity contribution in [1.82, 2.24) is 0 Å². The molecule has 1 N–H and O–H groups in total. The zero-order chi connectivity index (χ0) is 15.3. The molecule has 6 nitrogen and oxygen atoms in total. The molecule has 104 valence electrons. The van der Waals surface area contributed by atoms with Crippen molar-refractivity contribution < 1.29 is 18.5 Å². The molecule has 0 saturated carbocycles. The largest absolute Gasteiger partial charge is 0.584 e. The molecule has 7 heteroatoms. The molecule has 0 heterocycles. The van der Waals surface area contributed by atoms with Crippen molar-refractivity contribution in [3.8, 4) is 23.6 Å². The van der Waals surface area contributed by atoms with Crippen molar-refractivity contribution in [2.45, 2.75) is 0 Å². The zero-order valence-corrected chi connectivity index (χ0v) is 11.5. The fourth-order valence-electron chi connectivity index (χ4n) is 1.54. The lowest BCUT2D eigenvalue weighted by molar-refractivity contribution is 0.290. The molecule has 0 unspecified atom stereocenters. The Labute approximate surface area is 121 Å². The number of para-hydroxylation sites is 2. The summed E-state index contributed by atoms with van der Waals surface area (Å²) in [7, 11) is -4.52. The second kappa shape index (κ2) is 6.11. The number of rotatable bonds is 4. The van der Waals surface area contributed by atoms with E-state index in [0.717, 1.165) is 0 Å². The average Bonchev–Trinajstić information content (AvgIpc) is 2.47. The average molecular weight is 300 g/mol. The summed E-state index contributed by atoms with van der Waals surface area (Å²) in [5.41, 5.74) is 0.202. The van der Waals surface area contributed by atoms with E-state index in [4.69, 9.17) is 19.6 Å². The van der Waals surface area contributed by atoms with Crippen molar-refractivity contribution >= 4 is 7.82 Å². The molecule has 2 aromatic carbocycles. The van der Waals surface area contributed by atoms with Gasteiger partial charge in [-0.2, -0.15) is 10.5 Å². The maximum atomic E-state index is 12.0. The molecular weight excluding hydrogens is 291 g/mol. The van der Waals surface area contributed by atoms with Gasteiger partial charge in [0.2, 0.25) is 0 Å². The molecule has 0 radical (unpaired) electrons. The lowest BCUT2D eigenvalue weighted by atomic mass is 10.2. The fraction of sp³-hybridized carbons (Fsp3) is 0. The van der Waals surface area contributed by atoms with Crippen LogP contribution in [0.1, 0.15) is 11.1 Å². The van der Waals surface area contributed by atoms with E-state index in [0.29, 0.717) is 0 Å². The molecule has 0 fully saturated rings. The van der Waals surface area contributed by atoms with E-state index in [9.17, 15) is 9.46 Å². The van der Waals surface area contributed by atoms with Gasteiger partial charge in [-0.25, -0.2) is 4.57 Å². The maximum absolute atomic E-state index is 12.0. The van der Waals surface area contributed by atoms with Crippen molar-refractivity contribution in [2.75, 3.05) is 0 Å². The van der Waals surface area contributed by atoms with Crippen LogP contribution in [0.2, 0.25) is 0 Å². The standard InChI is InChI=1S/C14H9N2O4P/c15-9-11-5-1-3-7-13(11)19-21(17,18)20-14-8-4-2-6-12(14)10-16/h1-8H,(H,17,18). The van der Waals surface area contributed by atoms with Crippen LogP contribution in [0.5, 0.6) is 11.5 Å². The third-order valence-corrected chi connectivity index (χ3v) is 3.30. The van der Waals surface area contributed by atoms with E-state index in [2.05, 4.69) is 0 Å². The lowest BCUT2D eigenvalue weighted by Gasteiger charge is -2.15. The summed E-state index contributed by atoms with van der Waals surface area (Å²) >= 11 is 0. The Morgan fingerprint density at radius 1 is 0.857 bits per heavy atom. The molecule has 0 atom stereocenters. The fourth-order valence-corrected chi connectivity index (χ4v) is 2.40. The first-order chi connectivity index (χ1) is 10.1. The maximum Gasteiger partial charge on any atom is 0.584 e. The first kappa shape index (κ1) is 14.6. The number of phosphoric ester groups is 1. The van der Waals surface area contributed by atoms with Crippen molar-refractivity contribution in [1.29, 1.82) is 10.5 Å². The number of hydrogen-bond acceptors (Lipinski definition) is 5. The van der Waals surface area contributed by atoms with E-state index in [-0.39, 0.29) is 22.6 Å². The second-order valence-corrected chi connectivity index (χ2v) is 5.17.